The minimum Gasteiger partial charge on any atom is -0.402 e. The van der Waals surface area contributed by atoms with Gasteiger partial charge in [-0.15, -0.1) is 0 Å². The molecule has 0 aliphatic carbocycles. The largest absolute Gasteiger partial charge is 0.402 e. The lowest BCUT2D eigenvalue weighted by Gasteiger charge is -2.36. The monoisotopic (exact) mass is 514 g/mol. The van der Waals surface area contributed by atoms with Gasteiger partial charge in [0, 0.05) is 18.8 Å². The highest BCUT2D eigenvalue weighted by atomic mass is 35.5. The Kier molecular flexibility index (Phi) is 8.05. The predicted molar refractivity (Wildman–Crippen MR) is 140 cm³/mol. The van der Waals surface area contributed by atoms with Crippen LogP contribution >= 0.6 is 11.6 Å². The van der Waals surface area contributed by atoms with Crippen LogP contribution in [0.2, 0.25) is 5.02 Å². The molecule has 4 rings (SSSR count). The lowest BCUT2D eigenvalue weighted by Crippen LogP contribution is -2.47. The highest BCUT2D eigenvalue weighted by molar-refractivity contribution is 6.32. The number of aliphatic imine (C=N–C) groups is 1. The van der Waals surface area contributed by atoms with Crippen LogP contribution in [0.4, 0.5) is 21.8 Å². The molecule has 1 aromatic carbocycles. The third-order valence-corrected chi connectivity index (χ3v) is 6.80. The number of carbonyl (C=O) groups excluding carboxylic acids is 1. The summed E-state index contributed by atoms with van der Waals surface area (Å²) in [6, 6.07) is 3.32. The van der Waals surface area contributed by atoms with Crippen molar-refractivity contribution < 1.29 is 9.18 Å². The number of piperidine rings is 1. The Labute approximate surface area is 215 Å². The van der Waals surface area contributed by atoms with Gasteiger partial charge in [0.05, 0.1) is 18.4 Å². The second kappa shape index (κ2) is 11.2. The average molecular weight is 515 g/mol. The molecule has 0 saturated carbocycles. The van der Waals surface area contributed by atoms with E-state index in [9.17, 15) is 4.79 Å². The maximum absolute atomic E-state index is 15.1. The number of benzene rings is 1. The van der Waals surface area contributed by atoms with Crippen molar-refractivity contribution >= 4 is 40.8 Å². The number of nitrogens with two attached hydrogens (primary N) is 2. The van der Waals surface area contributed by atoms with E-state index in [0.717, 1.165) is 37.1 Å². The molecule has 2 saturated heterocycles. The van der Waals surface area contributed by atoms with Crippen molar-refractivity contribution in [2.45, 2.75) is 39.0 Å². The summed E-state index contributed by atoms with van der Waals surface area (Å²) in [4.78, 5) is 29.1. The van der Waals surface area contributed by atoms with E-state index in [-0.39, 0.29) is 40.1 Å². The predicted octanol–water partition coefficient (Wildman–Crippen LogP) is 3.58. The standard InChI is InChI=1S/C25H32ClFN8O/c1-15-10-21(31-25-30-13-19(26)24(33-25)32-22(29)11-16(2)28)20(27)12-18(15)17-4-8-35(9-5-17)23(36)14-34-6-3-7-34/h10-13,17H,3-9,14,28H2,1-2H3,(H3,29,30,31,32,33)/b16-11-. The molecule has 2 aliphatic heterocycles. The number of hydrogen-bond acceptors (Lipinski definition) is 7. The van der Waals surface area contributed by atoms with Crippen molar-refractivity contribution in [3.8, 4) is 0 Å². The van der Waals surface area contributed by atoms with Gasteiger partial charge in [-0.2, -0.15) is 4.98 Å². The molecule has 192 valence electrons. The SMILES string of the molecule is C/C(N)=C/C(N)=Nc1nc(Nc2cc(C)c(C3CCN(C(=O)CN4CCC4)CC3)cc2F)ncc1Cl. The molecule has 11 heteroatoms. The second-order valence-electron chi connectivity index (χ2n) is 9.39. The molecule has 2 aliphatic rings. The van der Waals surface area contributed by atoms with Gasteiger partial charge in [0.1, 0.15) is 16.7 Å². The molecule has 9 nitrogen and oxygen atoms in total. The molecule has 5 N–H and O–H groups in total. The van der Waals surface area contributed by atoms with E-state index in [0.29, 0.717) is 25.3 Å². The maximum atomic E-state index is 15.1. The molecule has 0 radical (unpaired) electrons. The van der Waals surface area contributed by atoms with Crippen molar-refractivity contribution in [1.29, 1.82) is 0 Å². The number of hydrogen-bond donors (Lipinski definition) is 3. The Morgan fingerprint density at radius 3 is 2.64 bits per heavy atom. The molecule has 36 heavy (non-hydrogen) atoms. The minimum atomic E-state index is -0.406. The van der Waals surface area contributed by atoms with Gasteiger partial charge in [-0.3, -0.25) is 9.69 Å². The van der Waals surface area contributed by atoms with E-state index < -0.39 is 5.82 Å². The van der Waals surface area contributed by atoms with Gasteiger partial charge >= 0.3 is 0 Å². The lowest BCUT2D eigenvalue weighted by molar-refractivity contribution is -0.134. The van der Waals surface area contributed by atoms with Crippen LogP contribution in [-0.2, 0) is 4.79 Å². The van der Waals surface area contributed by atoms with Crippen molar-refractivity contribution in [1.82, 2.24) is 19.8 Å². The lowest BCUT2D eigenvalue weighted by atomic mass is 9.86. The van der Waals surface area contributed by atoms with Gasteiger partial charge in [0.25, 0.3) is 0 Å². The van der Waals surface area contributed by atoms with Gasteiger partial charge in [0.2, 0.25) is 11.9 Å². The number of nitrogens with zero attached hydrogens (tertiary/aromatic N) is 5. The van der Waals surface area contributed by atoms with Crippen LogP contribution in [0.1, 0.15) is 43.2 Å². The Morgan fingerprint density at radius 1 is 1.28 bits per heavy atom. The second-order valence-corrected chi connectivity index (χ2v) is 9.80. The number of likely N-dealkylation sites (tertiary alicyclic amines) is 2. The summed E-state index contributed by atoms with van der Waals surface area (Å²) >= 11 is 6.14. The smallest absolute Gasteiger partial charge is 0.236 e. The minimum absolute atomic E-state index is 0.138. The zero-order valence-electron chi connectivity index (χ0n) is 20.6. The highest BCUT2D eigenvalue weighted by Gasteiger charge is 2.27. The molecule has 2 fully saturated rings. The molecule has 1 aromatic heterocycles. The van der Waals surface area contributed by atoms with Crippen LogP contribution in [0.3, 0.4) is 0 Å². The first-order chi connectivity index (χ1) is 17.2. The van der Waals surface area contributed by atoms with E-state index in [2.05, 4.69) is 25.2 Å². The molecular formula is C25H32ClFN8O. The van der Waals surface area contributed by atoms with Crippen LogP contribution in [0.25, 0.3) is 0 Å². The molecule has 1 amide bonds. The molecule has 0 spiro atoms. The number of amidine groups is 1. The fraction of sp³-hybridized carbons (Fsp3) is 0.440. The summed E-state index contributed by atoms with van der Waals surface area (Å²) in [5.74, 6) is 0.417. The van der Waals surface area contributed by atoms with E-state index in [4.69, 9.17) is 23.1 Å². The number of anilines is 2. The van der Waals surface area contributed by atoms with Crippen molar-refractivity contribution in [3.63, 3.8) is 0 Å². The van der Waals surface area contributed by atoms with E-state index >= 15 is 4.39 Å². The first-order valence-electron chi connectivity index (χ1n) is 12.1. The molecule has 0 unspecified atom stereocenters. The number of amides is 1. The maximum Gasteiger partial charge on any atom is 0.236 e. The van der Waals surface area contributed by atoms with E-state index in [1.54, 1.807) is 19.1 Å². The number of aryl methyl sites for hydroxylation is 1. The van der Waals surface area contributed by atoms with Crippen LogP contribution in [-0.4, -0.2) is 64.2 Å². The summed E-state index contributed by atoms with van der Waals surface area (Å²) in [5.41, 5.74) is 14.1. The normalized spacial score (nSPS) is 17.7. The first kappa shape index (κ1) is 25.8. The topological polar surface area (TPSA) is 126 Å². The van der Waals surface area contributed by atoms with Crippen LogP contribution < -0.4 is 16.8 Å². The number of allylic oxidation sites excluding steroid dienone is 1. The summed E-state index contributed by atoms with van der Waals surface area (Å²) in [6.07, 6.45) is 5.67. The first-order valence-corrected chi connectivity index (χ1v) is 12.4. The summed E-state index contributed by atoms with van der Waals surface area (Å²) in [5, 5.41) is 3.11. The Bertz CT molecular complexity index is 1180. The van der Waals surface area contributed by atoms with Crippen molar-refractivity contribution in [2.75, 3.05) is 38.0 Å². The van der Waals surface area contributed by atoms with E-state index in [1.807, 2.05) is 11.8 Å². The molecular weight excluding hydrogens is 483 g/mol. The molecule has 3 heterocycles. The number of halogens is 2. The van der Waals surface area contributed by atoms with Gasteiger partial charge in [-0.25, -0.2) is 14.4 Å². The third-order valence-electron chi connectivity index (χ3n) is 6.53. The zero-order valence-corrected chi connectivity index (χ0v) is 21.4. The average Bonchev–Trinajstić information content (AvgIpc) is 2.80. The van der Waals surface area contributed by atoms with Gasteiger partial charge in [-0.1, -0.05) is 11.6 Å². The van der Waals surface area contributed by atoms with Gasteiger partial charge < -0.3 is 21.7 Å². The third kappa shape index (κ3) is 6.30. The van der Waals surface area contributed by atoms with Crippen molar-refractivity contribution in [2.24, 2.45) is 16.5 Å². The van der Waals surface area contributed by atoms with Gasteiger partial charge in [0.15, 0.2) is 5.82 Å². The quantitative estimate of drug-likeness (QED) is 0.381. The Hall–Kier alpha value is -3.24. The van der Waals surface area contributed by atoms with Crippen LogP contribution in [0, 0.1) is 12.7 Å². The molecule has 0 bridgehead atoms. The zero-order chi connectivity index (χ0) is 25.8. The molecule has 2 aromatic rings. The van der Waals surface area contributed by atoms with Crippen molar-refractivity contribution in [3.05, 3.63) is 52.1 Å². The fourth-order valence-electron chi connectivity index (χ4n) is 4.51. The highest BCUT2D eigenvalue weighted by Crippen LogP contribution is 2.34. The fourth-order valence-corrected chi connectivity index (χ4v) is 4.64. The molecule has 0 atom stereocenters. The van der Waals surface area contributed by atoms with Crippen LogP contribution in [0.5, 0.6) is 0 Å². The number of aromatic nitrogens is 2. The summed E-state index contributed by atoms with van der Waals surface area (Å²) < 4.78 is 15.1. The Balaban J connectivity index is 1.43. The Morgan fingerprint density at radius 2 is 2.00 bits per heavy atom. The number of rotatable bonds is 7. The van der Waals surface area contributed by atoms with Gasteiger partial charge in [-0.05, 0) is 81.5 Å². The number of carbonyl (C=O) groups is 1. The summed E-state index contributed by atoms with van der Waals surface area (Å²) in [6.45, 7) is 7.57. The van der Waals surface area contributed by atoms with E-state index in [1.165, 1.54) is 18.7 Å². The van der Waals surface area contributed by atoms with Crippen LogP contribution in [0.15, 0.2) is 35.1 Å². The number of nitrogens with one attached hydrogen (secondary N) is 1. The summed E-state index contributed by atoms with van der Waals surface area (Å²) in [7, 11) is 0.